The van der Waals surface area contributed by atoms with Gasteiger partial charge in [0.05, 0.1) is 7.11 Å². The first-order valence-electron chi connectivity index (χ1n) is 6.32. The summed E-state index contributed by atoms with van der Waals surface area (Å²) in [6.07, 6.45) is 5.84. The number of rotatable bonds is 9. The summed E-state index contributed by atoms with van der Waals surface area (Å²) in [6, 6.07) is 0. The van der Waals surface area contributed by atoms with Gasteiger partial charge in [-0.05, 0) is 27.0 Å². The van der Waals surface area contributed by atoms with E-state index in [2.05, 4.69) is 22.1 Å². The third kappa shape index (κ3) is 7.21. The van der Waals surface area contributed by atoms with Gasteiger partial charge in [0.15, 0.2) is 0 Å². The van der Waals surface area contributed by atoms with E-state index in [1.807, 2.05) is 39.3 Å². The second-order valence-electron chi connectivity index (χ2n) is 3.86. The summed E-state index contributed by atoms with van der Waals surface area (Å²) < 4.78 is 0. The minimum absolute atomic E-state index is 0.936. The van der Waals surface area contributed by atoms with Gasteiger partial charge in [-0.15, -0.1) is 0 Å². The van der Waals surface area contributed by atoms with Crippen molar-refractivity contribution in [3.63, 3.8) is 0 Å². The van der Waals surface area contributed by atoms with E-state index in [-0.39, 0.29) is 0 Å². The zero-order valence-electron chi connectivity index (χ0n) is 12.2. The van der Waals surface area contributed by atoms with Crippen LogP contribution >= 0.6 is 0 Å². The highest BCUT2D eigenvalue weighted by molar-refractivity contribution is 5.55. The summed E-state index contributed by atoms with van der Waals surface area (Å²) >= 11 is 0. The molecule has 0 aromatic rings. The van der Waals surface area contributed by atoms with Gasteiger partial charge in [-0.3, -0.25) is 0 Å². The molecule has 0 rings (SSSR count). The number of aliphatic imine (C=N–C) groups is 1. The molecule has 18 heavy (non-hydrogen) atoms. The standard InChI is InChI=1S/C13H26N4O/c1-6-15-13(9-8-12(3)16-18-5)17(7-2)11-10-14-4/h6,8-9,14,16H,7,10-11H2,1-5H3/p+1/b12-8+,13-9+,15-6-. The maximum Gasteiger partial charge on any atom is 0.135 e. The largest absolute Gasteiger partial charge is 0.356 e. The predicted molar refractivity (Wildman–Crippen MR) is 76.1 cm³/mol. The molecule has 0 unspecified atom stereocenters. The van der Waals surface area contributed by atoms with E-state index < -0.39 is 0 Å². The van der Waals surface area contributed by atoms with Crippen LogP contribution < -0.4 is 10.8 Å². The average Bonchev–Trinajstić information content (AvgIpc) is 2.36. The monoisotopic (exact) mass is 255 g/mol. The van der Waals surface area contributed by atoms with E-state index >= 15 is 0 Å². The third-order valence-electron chi connectivity index (χ3n) is 2.40. The summed E-state index contributed by atoms with van der Waals surface area (Å²) in [5.41, 5.74) is 2.78. The van der Waals surface area contributed by atoms with E-state index in [1.54, 1.807) is 12.6 Å². The van der Waals surface area contributed by atoms with Crippen molar-refractivity contribution in [2.45, 2.75) is 20.8 Å². The predicted octanol–water partition coefficient (Wildman–Crippen LogP) is 0.488. The highest BCUT2D eigenvalue weighted by Gasteiger charge is 2.04. The molecule has 0 bridgehead atoms. The maximum atomic E-state index is 4.96. The molecule has 0 aromatic heterocycles. The summed E-state index contributed by atoms with van der Waals surface area (Å²) in [7, 11) is 3.61. The first-order chi connectivity index (χ1) is 8.69. The van der Waals surface area contributed by atoms with E-state index in [0.717, 1.165) is 31.2 Å². The Morgan fingerprint density at radius 1 is 1.44 bits per heavy atom. The number of quaternary nitrogens is 1. The molecule has 0 saturated heterocycles. The molecule has 0 fully saturated rings. The van der Waals surface area contributed by atoms with E-state index in [0.29, 0.717) is 0 Å². The fourth-order valence-electron chi connectivity index (χ4n) is 1.47. The van der Waals surface area contributed by atoms with Gasteiger partial charge in [-0.1, -0.05) is 0 Å². The Morgan fingerprint density at radius 3 is 2.67 bits per heavy atom. The van der Waals surface area contributed by atoms with Crippen LogP contribution in [0.1, 0.15) is 20.8 Å². The number of nitrogens with zero attached hydrogens (tertiary/aromatic N) is 2. The van der Waals surface area contributed by atoms with Gasteiger partial charge < -0.3 is 10.2 Å². The molecule has 0 amide bonds. The summed E-state index contributed by atoms with van der Waals surface area (Å²) in [5, 5.41) is 3.15. The molecule has 0 aliphatic heterocycles. The number of hydroxylamine groups is 1. The fourth-order valence-corrected chi connectivity index (χ4v) is 1.47. The lowest BCUT2D eigenvalue weighted by Gasteiger charge is -2.22. The van der Waals surface area contributed by atoms with Gasteiger partial charge in [-0.2, -0.15) is 5.48 Å². The highest BCUT2D eigenvalue weighted by Crippen LogP contribution is 2.05. The summed E-state index contributed by atoms with van der Waals surface area (Å²) in [4.78, 5) is 11.6. The van der Waals surface area contributed by atoms with Gasteiger partial charge in [0.1, 0.15) is 11.5 Å². The van der Waals surface area contributed by atoms with Crippen LogP contribution in [-0.2, 0) is 4.84 Å². The lowest BCUT2D eigenvalue weighted by atomic mass is 10.3. The molecule has 0 radical (unpaired) electrons. The Hall–Kier alpha value is -1.17. The molecule has 0 spiro atoms. The first-order valence-corrected chi connectivity index (χ1v) is 6.32. The second-order valence-corrected chi connectivity index (χ2v) is 3.86. The second kappa shape index (κ2) is 11.0. The number of hydrogen-bond acceptors (Lipinski definition) is 4. The number of nitrogens with one attached hydrogen (secondary N) is 1. The Kier molecular flexibility index (Phi) is 10.2. The Morgan fingerprint density at radius 2 is 2.17 bits per heavy atom. The van der Waals surface area contributed by atoms with Crippen molar-refractivity contribution in [3.8, 4) is 0 Å². The molecule has 0 saturated carbocycles. The van der Waals surface area contributed by atoms with Gasteiger partial charge >= 0.3 is 0 Å². The van der Waals surface area contributed by atoms with Gasteiger partial charge in [0, 0.05) is 38.8 Å². The Balaban J connectivity index is 4.79. The van der Waals surface area contributed by atoms with E-state index in [4.69, 9.17) is 4.84 Å². The van der Waals surface area contributed by atoms with Crippen LogP contribution in [0.15, 0.2) is 28.7 Å². The average molecular weight is 255 g/mol. The molecule has 0 aliphatic rings. The van der Waals surface area contributed by atoms with Crippen molar-refractivity contribution in [1.82, 2.24) is 10.2 Å². The van der Waals surface area contributed by atoms with Crippen molar-refractivity contribution in [3.05, 3.63) is 23.7 Å². The topological polar surface area (TPSA) is 53.5 Å². The Labute approximate surface area is 111 Å². The van der Waals surface area contributed by atoms with Crippen LogP contribution in [0.4, 0.5) is 0 Å². The lowest BCUT2D eigenvalue weighted by Crippen LogP contribution is -2.79. The molecule has 0 aromatic carbocycles. The zero-order chi connectivity index (χ0) is 13.8. The van der Waals surface area contributed by atoms with Crippen molar-refractivity contribution >= 4 is 6.21 Å². The fraction of sp³-hybridized carbons (Fsp3) is 0.615. The molecule has 3 N–H and O–H groups in total. The molecular weight excluding hydrogens is 228 g/mol. The normalized spacial score (nSPS) is 13.4. The van der Waals surface area contributed by atoms with Crippen LogP contribution in [0.2, 0.25) is 0 Å². The quantitative estimate of drug-likeness (QED) is 0.358. The zero-order valence-corrected chi connectivity index (χ0v) is 12.2. The van der Waals surface area contributed by atoms with Crippen molar-refractivity contribution in [2.24, 2.45) is 4.99 Å². The van der Waals surface area contributed by atoms with Crippen LogP contribution in [-0.4, -0.2) is 44.9 Å². The smallest absolute Gasteiger partial charge is 0.135 e. The third-order valence-corrected chi connectivity index (χ3v) is 2.40. The molecule has 0 aliphatic carbocycles. The summed E-state index contributed by atoms with van der Waals surface area (Å²) in [5.74, 6) is 0.971. The van der Waals surface area contributed by atoms with Crippen LogP contribution in [0, 0.1) is 0 Å². The number of likely N-dealkylation sites (N-methyl/N-ethyl adjacent to an activating group) is 2. The van der Waals surface area contributed by atoms with E-state index in [1.165, 1.54) is 0 Å². The molecular formula is C13H27N4O+. The maximum absolute atomic E-state index is 4.96. The van der Waals surface area contributed by atoms with Crippen LogP contribution in [0.5, 0.6) is 0 Å². The van der Waals surface area contributed by atoms with Gasteiger partial charge in [0.2, 0.25) is 0 Å². The summed E-state index contributed by atoms with van der Waals surface area (Å²) in [6.45, 7) is 8.88. The molecule has 104 valence electrons. The van der Waals surface area contributed by atoms with E-state index in [9.17, 15) is 0 Å². The molecule has 5 nitrogen and oxygen atoms in total. The van der Waals surface area contributed by atoms with Crippen LogP contribution in [0.25, 0.3) is 0 Å². The molecule has 5 heteroatoms. The Bertz CT molecular complexity index is 297. The van der Waals surface area contributed by atoms with Crippen LogP contribution in [0.3, 0.4) is 0 Å². The number of allylic oxidation sites excluding steroid dienone is 3. The molecule has 0 atom stereocenters. The first kappa shape index (κ1) is 16.8. The van der Waals surface area contributed by atoms with Gasteiger partial charge in [-0.25, -0.2) is 9.83 Å². The van der Waals surface area contributed by atoms with Crippen molar-refractivity contribution < 1.29 is 10.3 Å². The van der Waals surface area contributed by atoms with Crippen molar-refractivity contribution in [2.75, 3.05) is 33.8 Å². The lowest BCUT2D eigenvalue weighted by molar-refractivity contribution is -0.854. The van der Waals surface area contributed by atoms with Gasteiger partial charge in [0.25, 0.3) is 0 Å². The minimum atomic E-state index is 0.936. The number of nitrogens with two attached hydrogens (primary N) is 1. The van der Waals surface area contributed by atoms with Crippen molar-refractivity contribution in [1.29, 1.82) is 0 Å². The number of hydrogen-bond donors (Lipinski definition) is 2. The SMILES string of the molecule is C\C=N/C(=C\C=C(/C)[NH2+]OC)N(CC)CCNC. The molecule has 0 heterocycles. The highest BCUT2D eigenvalue weighted by atomic mass is 16.6. The minimum Gasteiger partial charge on any atom is -0.356 e.